The summed E-state index contributed by atoms with van der Waals surface area (Å²) >= 11 is 6.14. The molecule has 1 aliphatic rings. The molecular weight excluding hydrogens is 234 g/mol. The van der Waals surface area contributed by atoms with E-state index >= 15 is 0 Å². The zero-order chi connectivity index (χ0) is 12.0. The molecule has 0 atom stereocenters. The van der Waals surface area contributed by atoms with Crippen LogP contribution in [0.15, 0.2) is 18.2 Å². The van der Waals surface area contributed by atoms with Gasteiger partial charge in [-0.1, -0.05) is 11.6 Å². The number of hydrazine groups is 1. The first kappa shape index (κ1) is 10.8. The van der Waals surface area contributed by atoms with Gasteiger partial charge in [-0.2, -0.15) is 0 Å². The number of fused-ring (bicyclic) bond motifs is 1. The number of nitrogens with zero attached hydrogens (tertiary/aromatic N) is 1. The Balaban J connectivity index is 2.28. The molecule has 0 radical (unpaired) electrons. The van der Waals surface area contributed by atoms with Crippen LogP contribution in [0.1, 0.15) is 30.0 Å². The number of pyridine rings is 1. The van der Waals surface area contributed by atoms with Crippen LogP contribution in [0.25, 0.3) is 10.9 Å². The minimum absolute atomic E-state index is 0.603. The third kappa shape index (κ3) is 1.85. The lowest BCUT2D eigenvalue weighted by Gasteiger charge is -2.10. The Bertz CT molecular complexity index is 591. The maximum Gasteiger partial charge on any atom is 0.0741 e. The van der Waals surface area contributed by atoms with Gasteiger partial charge >= 0.3 is 0 Å². The van der Waals surface area contributed by atoms with Gasteiger partial charge in [-0.3, -0.25) is 10.8 Å². The first-order chi connectivity index (χ1) is 8.19. The average Bonchev–Trinajstić information content (AvgIpc) is 3.13. The van der Waals surface area contributed by atoms with E-state index in [4.69, 9.17) is 17.4 Å². The second-order valence-electron chi connectivity index (χ2n) is 4.63. The van der Waals surface area contributed by atoms with Crippen molar-refractivity contribution in [3.63, 3.8) is 0 Å². The summed E-state index contributed by atoms with van der Waals surface area (Å²) < 4.78 is 0. The highest BCUT2D eigenvalue weighted by atomic mass is 35.5. The predicted molar refractivity (Wildman–Crippen MR) is 71.3 cm³/mol. The lowest BCUT2D eigenvalue weighted by atomic mass is 10.1. The van der Waals surface area contributed by atoms with Gasteiger partial charge in [0.1, 0.15) is 0 Å². The highest BCUT2D eigenvalue weighted by Gasteiger charge is 2.26. The summed E-state index contributed by atoms with van der Waals surface area (Å²) in [6.07, 6.45) is 2.45. The molecular formula is C13H14ClN3. The molecule has 1 heterocycles. The Morgan fingerprint density at radius 1 is 1.35 bits per heavy atom. The fourth-order valence-corrected chi connectivity index (χ4v) is 2.24. The molecule has 3 rings (SSSR count). The van der Waals surface area contributed by atoms with Gasteiger partial charge in [-0.05, 0) is 43.5 Å². The normalized spacial score (nSPS) is 15.2. The molecule has 0 amide bonds. The molecule has 1 aliphatic carbocycles. The quantitative estimate of drug-likeness (QED) is 0.632. The van der Waals surface area contributed by atoms with E-state index in [2.05, 4.69) is 10.4 Å². The first-order valence-corrected chi connectivity index (χ1v) is 6.14. The van der Waals surface area contributed by atoms with Crippen LogP contribution in [0, 0.1) is 6.92 Å². The van der Waals surface area contributed by atoms with Gasteiger partial charge in [0.2, 0.25) is 0 Å². The average molecular weight is 248 g/mol. The summed E-state index contributed by atoms with van der Waals surface area (Å²) in [6, 6.07) is 5.99. The van der Waals surface area contributed by atoms with E-state index in [1.807, 2.05) is 25.1 Å². The van der Waals surface area contributed by atoms with Crippen molar-refractivity contribution in [2.75, 3.05) is 5.43 Å². The van der Waals surface area contributed by atoms with Crippen LogP contribution >= 0.6 is 11.6 Å². The number of halogens is 1. The Hall–Kier alpha value is -1.32. The van der Waals surface area contributed by atoms with E-state index < -0.39 is 0 Å². The topological polar surface area (TPSA) is 50.9 Å². The predicted octanol–water partition coefficient (Wildman–Crippen LogP) is 3.36. The molecule has 3 nitrogen and oxygen atoms in total. The van der Waals surface area contributed by atoms with Gasteiger partial charge in [0.25, 0.3) is 0 Å². The largest absolute Gasteiger partial charge is 0.323 e. The minimum atomic E-state index is 0.603. The molecule has 1 aromatic heterocycles. The zero-order valence-corrected chi connectivity index (χ0v) is 10.4. The lowest BCUT2D eigenvalue weighted by molar-refractivity contribution is 1.04. The number of aromatic nitrogens is 1. The van der Waals surface area contributed by atoms with Gasteiger partial charge in [-0.25, -0.2) is 0 Å². The molecule has 88 valence electrons. The number of nitrogen functional groups attached to an aromatic ring is 1. The van der Waals surface area contributed by atoms with Gasteiger partial charge in [0, 0.05) is 22.0 Å². The number of nitrogens with one attached hydrogen (secondary N) is 1. The van der Waals surface area contributed by atoms with Crippen LogP contribution in [0.2, 0.25) is 5.02 Å². The van der Waals surface area contributed by atoms with Crippen molar-refractivity contribution in [2.24, 2.45) is 5.84 Å². The molecule has 1 fully saturated rings. The number of rotatable bonds is 2. The molecule has 17 heavy (non-hydrogen) atoms. The van der Waals surface area contributed by atoms with Crippen molar-refractivity contribution in [2.45, 2.75) is 25.7 Å². The van der Waals surface area contributed by atoms with E-state index in [-0.39, 0.29) is 0 Å². The molecule has 1 saturated carbocycles. The summed E-state index contributed by atoms with van der Waals surface area (Å²) in [4.78, 5) is 4.67. The molecule has 2 aromatic rings. The molecule has 0 saturated heterocycles. The lowest BCUT2D eigenvalue weighted by Crippen LogP contribution is -2.08. The van der Waals surface area contributed by atoms with Crippen LogP contribution in [-0.2, 0) is 0 Å². The van der Waals surface area contributed by atoms with Crippen LogP contribution in [0.4, 0.5) is 5.69 Å². The van der Waals surface area contributed by atoms with Crippen molar-refractivity contribution >= 4 is 28.2 Å². The first-order valence-electron chi connectivity index (χ1n) is 5.76. The summed E-state index contributed by atoms with van der Waals surface area (Å²) in [5.74, 6) is 6.19. The summed E-state index contributed by atoms with van der Waals surface area (Å²) in [7, 11) is 0. The van der Waals surface area contributed by atoms with Gasteiger partial charge < -0.3 is 5.43 Å². The molecule has 1 aromatic carbocycles. The molecule has 0 aliphatic heterocycles. The van der Waals surface area contributed by atoms with Crippen molar-refractivity contribution in [1.29, 1.82) is 0 Å². The third-order valence-corrected chi connectivity index (χ3v) is 3.67. The van der Waals surface area contributed by atoms with Crippen molar-refractivity contribution in [3.8, 4) is 0 Å². The highest BCUT2D eigenvalue weighted by molar-refractivity contribution is 6.32. The summed E-state index contributed by atoms with van der Waals surface area (Å²) in [5.41, 5.74) is 6.75. The fourth-order valence-electron chi connectivity index (χ4n) is 2.08. The van der Waals surface area contributed by atoms with E-state index in [0.717, 1.165) is 32.9 Å². The second kappa shape index (κ2) is 3.86. The Morgan fingerprint density at radius 2 is 2.12 bits per heavy atom. The Kier molecular flexibility index (Phi) is 2.45. The highest BCUT2D eigenvalue weighted by Crippen LogP contribution is 2.41. The number of hydrogen-bond acceptors (Lipinski definition) is 3. The number of benzene rings is 1. The molecule has 0 spiro atoms. The van der Waals surface area contributed by atoms with Crippen LogP contribution in [0.5, 0.6) is 0 Å². The molecule has 0 bridgehead atoms. The van der Waals surface area contributed by atoms with Gasteiger partial charge in [0.15, 0.2) is 0 Å². The van der Waals surface area contributed by atoms with Crippen molar-refractivity contribution in [3.05, 3.63) is 34.5 Å². The van der Waals surface area contributed by atoms with E-state index in [1.54, 1.807) is 0 Å². The van der Waals surface area contributed by atoms with Gasteiger partial charge in [-0.15, -0.1) is 0 Å². The van der Waals surface area contributed by atoms with Crippen LogP contribution in [-0.4, -0.2) is 4.98 Å². The van der Waals surface area contributed by atoms with Crippen molar-refractivity contribution in [1.82, 2.24) is 4.98 Å². The molecule has 4 heteroatoms. The number of aryl methyl sites for hydroxylation is 1. The molecule has 3 N–H and O–H groups in total. The van der Waals surface area contributed by atoms with Gasteiger partial charge in [0.05, 0.1) is 11.2 Å². The van der Waals surface area contributed by atoms with E-state index in [0.29, 0.717) is 5.92 Å². The monoisotopic (exact) mass is 247 g/mol. The number of hydrogen-bond donors (Lipinski definition) is 2. The maximum absolute atomic E-state index is 6.14. The second-order valence-corrected chi connectivity index (χ2v) is 5.04. The zero-order valence-electron chi connectivity index (χ0n) is 9.63. The summed E-state index contributed by atoms with van der Waals surface area (Å²) in [6.45, 7) is 1.98. The number of nitrogens with two attached hydrogens (primary N) is 1. The minimum Gasteiger partial charge on any atom is -0.323 e. The standard InChI is InChI=1S/C13H14ClN3/c1-7-4-9-12(5-10(7)14)16-11(8-2-3-8)6-13(9)17-15/h4-6,8H,2-3,15H2,1H3,(H,16,17). The van der Waals surface area contributed by atoms with E-state index in [1.165, 1.54) is 12.8 Å². The smallest absolute Gasteiger partial charge is 0.0741 e. The van der Waals surface area contributed by atoms with Crippen LogP contribution in [0.3, 0.4) is 0 Å². The number of anilines is 1. The maximum atomic E-state index is 6.14. The third-order valence-electron chi connectivity index (χ3n) is 3.26. The SMILES string of the molecule is Cc1cc2c(NN)cc(C3CC3)nc2cc1Cl. The van der Waals surface area contributed by atoms with Crippen LogP contribution < -0.4 is 11.3 Å². The summed E-state index contributed by atoms with van der Waals surface area (Å²) in [5, 5.41) is 1.78. The van der Waals surface area contributed by atoms with E-state index in [9.17, 15) is 0 Å². The Morgan fingerprint density at radius 3 is 2.76 bits per heavy atom. The Labute approximate surface area is 105 Å². The molecule has 0 unspecified atom stereocenters. The fraction of sp³-hybridized carbons (Fsp3) is 0.308. The van der Waals surface area contributed by atoms with Crippen molar-refractivity contribution < 1.29 is 0 Å².